The molecule has 1 aromatic carbocycles. The van der Waals surface area contributed by atoms with Gasteiger partial charge in [-0.2, -0.15) is 0 Å². The van der Waals surface area contributed by atoms with Gasteiger partial charge in [0.15, 0.2) is 0 Å². The lowest BCUT2D eigenvalue weighted by molar-refractivity contribution is 0.407. The van der Waals surface area contributed by atoms with Gasteiger partial charge in [0.25, 0.3) is 0 Å². The Balaban J connectivity index is 2.18. The molecule has 0 aromatic heterocycles. The predicted molar refractivity (Wildman–Crippen MR) is 75.4 cm³/mol. The second-order valence-corrected chi connectivity index (χ2v) is 6.87. The van der Waals surface area contributed by atoms with Gasteiger partial charge in [-0.25, -0.2) is 17.5 Å². The molecule has 20 heavy (non-hydrogen) atoms. The van der Waals surface area contributed by atoms with Crippen LogP contribution in [0.4, 0.5) is 4.39 Å². The Labute approximate surface area is 119 Å². The van der Waals surface area contributed by atoms with E-state index < -0.39 is 15.8 Å². The van der Waals surface area contributed by atoms with Crippen LogP contribution in [0.2, 0.25) is 0 Å². The van der Waals surface area contributed by atoms with E-state index in [-0.39, 0.29) is 10.9 Å². The molecule has 0 bridgehead atoms. The third-order valence-corrected chi connectivity index (χ3v) is 4.93. The third-order valence-electron chi connectivity index (χ3n) is 3.41. The minimum absolute atomic E-state index is 0.0807. The van der Waals surface area contributed by atoms with E-state index in [1.807, 2.05) is 7.05 Å². The maximum atomic E-state index is 13.5. The van der Waals surface area contributed by atoms with E-state index in [1.165, 1.54) is 18.2 Å². The predicted octanol–water partition coefficient (Wildman–Crippen LogP) is 0.527. The zero-order chi connectivity index (χ0) is 14.8. The van der Waals surface area contributed by atoms with E-state index in [0.29, 0.717) is 18.7 Å². The van der Waals surface area contributed by atoms with Crippen molar-refractivity contribution < 1.29 is 12.8 Å². The van der Waals surface area contributed by atoms with E-state index in [2.05, 4.69) is 14.9 Å². The summed E-state index contributed by atoms with van der Waals surface area (Å²) in [5.41, 5.74) is 0.346. The minimum Gasteiger partial charge on any atom is -0.316 e. The van der Waals surface area contributed by atoms with Gasteiger partial charge in [-0.15, -0.1) is 0 Å². The Hall–Kier alpha value is -1.02. The maximum absolute atomic E-state index is 13.5. The van der Waals surface area contributed by atoms with E-state index in [9.17, 15) is 12.8 Å². The number of nitrogens with one attached hydrogen (secondary N) is 2. The number of rotatable bonds is 5. The number of likely N-dealkylation sites (tertiary alicyclic amines) is 1. The molecule has 0 aliphatic carbocycles. The summed E-state index contributed by atoms with van der Waals surface area (Å²) in [6, 6.07) is 3.80. The molecule has 1 heterocycles. The Morgan fingerprint density at radius 1 is 1.45 bits per heavy atom. The monoisotopic (exact) mass is 301 g/mol. The standard InChI is InChI=1S/C13H20FN3O2S/c1-15-8-10-7-12(3-4-13(10)14)20(18,19)16-11-5-6-17(2)9-11/h3-4,7,11,15-16H,5-6,8-9H2,1-2H3. The smallest absolute Gasteiger partial charge is 0.240 e. The molecule has 1 aliphatic rings. The highest BCUT2D eigenvalue weighted by Crippen LogP contribution is 2.17. The molecule has 1 unspecified atom stereocenters. The van der Waals surface area contributed by atoms with Crippen LogP contribution >= 0.6 is 0 Å². The van der Waals surface area contributed by atoms with Crippen molar-refractivity contribution in [2.75, 3.05) is 27.2 Å². The number of nitrogens with zero attached hydrogens (tertiary/aromatic N) is 1. The molecule has 1 fully saturated rings. The van der Waals surface area contributed by atoms with Crippen molar-refractivity contribution in [1.82, 2.24) is 14.9 Å². The highest BCUT2D eigenvalue weighted by molar-refractivity contribution is 7.89. The second kappa shape index (κ2) is 6.17. The highest BCUT2D eigenvalue weighted by Gasteiger charge is 2.25. The maximum Gasteiger partial charge on any atom is 0.240 e. The Morgan fingerprint density at radius 3 is 2.80 bits per heavy atom. The van der Waals surface area contributed by atoms with Crippen molar-refractivity contribution >= 4 is 10.0 Å². The molecule has 1 aliphatic heterocycles. The first kappa shape index (κ1) is 15.4. The molecular weight excluding hydrogens is 281 g/mol. The third kappa shape index (κ3) is 3.54. The van der Waals surface area contributed by atoms with Crippen LogP contribution in [0.5, 0.6) is 0 Å². The van der Waals surface area contributed by atoms with E-state index in [4.69, 9.17) is 0 Å². The SMILES string of the molecule is CNCc1cc(S(=O)(=O)NC2CCN(C)C2)ccc1F. The fourth-order valence-corrected chi connectivity index (χ4v) is 3.67. The molecule has 7 heteroatoms. The quantitative estimate of drug-likeness (QED) is 0.833. The lowest BCUT2D eigenvalue weighted by atomic mass is 10.2. The molecule has 2 rings (SSSR count). The zero-order valence-electron chi connectivity index (χ0n) is 11.7. The normalized spacial score (nSPS) is 20.4. The summed E-state index contributed by atoms with van der Waals surface area (Å²) in [5.74, 6) is -0.404. The van der Waals surface area contributed by atoms with Gasteiger partial charge in [0.05, 0.1) is 4.90 Å². The molecule has 5 nitrogen and oxygen atoms in total. The fraction of sp³-hybridized carbons (Fsp3) is 0.538. The van der Waals surface area contributed by atoms with Crippen molar-refractivity contribution in [3.8, 4) is 0 Å². The van der Waals surface area contributed by atoms with Crippen molar-refractivity contribution in [1.29, 1.82) is 0 Å². The number of hydrogen-bond donors (Lipinski definition) is 2. The van der Waals surface area contributed by atoms with E-state index in [0.717, 1.165) is 13.0 Å². The molecule has 0 spiro atoms. The Morgan fingerprint density at radius 2 is 2.20 bits per heavy atom. The Bertz CT molecular complexity index is 577. The van der Waals surface area contributed by atoms with Crippen molar-refractivity contribution in [3.63, 3.8) is 0 Å². The summed E-state index contributed by atoms with van der Waals surface area (Å²) >= 11 is 0. The van der Waals surface area contributed by atoms with Crippen LogP contribution < -0.4 is 10.0 Å². The van der Waals surface area contributed by atoms with Crippen LogP contribution in [0.3, 0.4) is 0 Å². The van der Waals surface area contributed by atoms with Crippen LogP contribution in [-0.2, 0) is 16.6 Å². The molecule has 2 N–H and O–H groups in total. The van der Waals surface area contributed by atoms with Gasteiger partial charge in [0.1, 0.15) is 5.82 Å². The van der Waals surface area contributed by atoms with Crippen LogP contribution in [0.25, 0.3) is 0 Å². The first-order valence-electron chi connectivity index (χ1n) is 6.56. The van der Waals surface area contributed by atoms with Crippen molar-refractivity contribution in [3.05, 3.63) is 29.6 Å². The number of likely N-dealkylation sites (N-methyl/N-ethyl adjacent to an activating group) is 1. The van der Waals surface area contributed by atoms with Gasteiger partial charge in [-0.05, 0) is 45.3 Å². The minimum atomic E-state index is -3.60. The van der Waals surface area contributed by atoms with Gasteiger partial charge >= 0.3 is 0 Å². The zero-order valence-corrected chi connectivity index (χ0v) is 12.5. The lowest BCUT2D eigenvalue weighted by Crippen LogP contribution is -2.36. The Kier molecular flexibility index (Phi) is 4.74. The van der Waals surface area contributed by atoms with Crippen molar-refractivity contribution in [2.45, 2.75) is 23.9 Å². The van der Waals surface area contributed by atoms with Gasteiger partial charge < -0.3 is 10.2 Å². The summed E-state index contributed by atoms with van der Waals surface area (Å²) in [4.78, 5) is 2.18. The van der Waals surface area contributed by atoms with Crippen LogP contribution in [0.15, 0.2) is 23.1 Å². The van der Waals surface area contributed by atoms with E-state index >= 15 is 0 Å². The number of sulfonamides is 1. The highest BCUT2D eigenvalue weighted by atomic mass is 32.2. The average Bonchev–Trinajstić information content (AvgIpc) is 2.77. The number of benzene rings is 1. The first-order chi connectivity index (χ1) is 9.42. The van der Waals surface area contributed by atoms with Gasteiger partial charge in [-0.3, -0.25) is 0 Å². The van der Waals surface area contributed by atoms with E-state index in [1.54, 1.807) is 7.05 Å². The summed E-state index contributed by atoms with van der Waals surface area (Å²) in [6.45, 7) is 1.87. The van der Waals surface area contributed by atoms with Crippen molar-refractivity contribution in [2.24, 2.45) is 0 Å². The molecule has 0 saturated carbocycles. The average molecular weight is 301 g/mol. The van der Waals surface area contributed by atoms with Crippen LogP contribution in [0, 0.1) is 5.82 Å². The largest absolute Gasteiger partial charge is 0.316 e. The van der Waals surface area contributed by atoms with Crippen LogP contribution in [-0.4, -0.2) is 46.5 Å². The number of hydrogen-bond acceptors (Lipinski definition) is 4. The summed E-state index contributed by atoms with van der Waals surface area (Å²) in [5, 5.41) is 2.82. The van der Waals surface area contributed by atoms with Gasteiger partial charge in [0.2, 0.25) is 10.0 Å². The topological polar surface area (TPSA) is 61.4 Å². The van der Waals surface area contributed by atoms with Gasteiger partial charge in [0, 0.05) is 24.7 Å². The molecular formula is C13H20FN3O2S. The van der Waals surface area contributed by atoms with Gasteiger partial charge in [-0.1, -0.05) is 0 Å². The molecule has 0 radical (unpaired) electrons. The molecule has 1 atom stereocenters. The lowest BCUT2D eigenvalue weighted by Gasteiger charge is -2.14. The molecule has 1 saturated heterocycles. The molecule has 112 valence electrons. The fourth-order valence-electron chi connectivity index (χ4n) is 2.36. The van der Waals surface area contributed by atoms with Crippen LogP contribution in [0.1, 0.15) is 12.0 Å². The molecule has 0 amide bonds. The molecule has 1 aromatic rings. The number of halogens is 1. The first-order valence-corrected chi connectivity index (χ1v) is 8.04. The summed E-state index contributed by atoms with van der Waals surface area (Å²) in [7, 11) is 0.0475. The summed E-state index contributed by atoms with van der Waals surface area (Å²) < 4.78 is 40.8. The second-order valence-electron chi connectivity index (χ2n) is 5.15. The summed E-state index contributed by atoms with van der Waals surface area (Å²) in [6.07, 6.45) is 0.792.